The first-order chi connectivity index (χ1) is 11.7. The molecule has 0 aliphatic carbocycles. The van der Waals surface area contributed by atoms with Crippen LogP contribution in [0.2, 0.25) is 0 Å². The number of rotatable bonds is 3. The molecule has 0 fully saturated rings. The van der Waals surface area contributed by atoms with Crippen molar-refractivity contribution in [3.8, 4) is 16.8 Å². The normalized spacial score (nSPS) is 11.3. The van der Waals surface area contributed by atoms with E-state index in [0.29, 0.717) is 5.92 Å². The van der Waals surface area contributed by atoms with E-state index >= 15 is 0 Å². The van der Waals surface area contributed by atoms with Crippen molar-refractivity contribution in [2.45, 2.75) is 19.8 Å². The molecule has 0 spiro atoms. The molecule has 0 aliphatic rings. The monoisotopic (exact) mass is 313 g/mol. The van der Waals surface area contributed by atoms with E-state index in [1.54, 1.807) is 0 Å². The zero-order chi connectivity index (χ0) is 16.5. The summed E-state index contributed by atoms with van der Waals surface area (Å²) < 4.78 is 2.33. The van der Waals surface area contributed by atoms with Crippen LogP contribution in [0.25, 0.3) is 27.8 Å². The van der Waals surface area contributed by atoms with Gasteiger partial charge < -0.3 is 0 Å². The summed E-state index contributed by atoms with van der Waals surface area (Å²) in [7, 11) is 0. The minimum absolute atomic E-state index is 0.422. The van der Waals surface area contributed by atoms with Crippen LogP contribution < -0.4 is 4.57 Å². The van der Waals surface area contributed by atoms with Gasteiger partial charge in [-0.2, -0.15) is 4.57 Å². The maximum Gasteiger partial charge on any atom is 0.262 e. The minimum atomic E-state index is 0.422. The first kappa shape index (κ1) is 14.7. The van der Waals surface area contributed by atoms with E-state index in [2.05, 4.69) is 102 Å². The quantitative estimate of drug-likeness (QED) is 0.499. The van der Waals surface area contributed by atoms with Crippen molar-refractivity contribution in [2.75, 3.05) is 0 Å². The van der Waals surface area contributed by atoms with Gasteiger partial charge in [-0.1, -0.05) is 68.4 Å². The van der Waals surface area contributed by atoms with Gasteiger partial charge in [0.2, 0.25) is 0 Å². The molecule has 2 nitrogen and oxygen atoms in total. The summed E-state index contributed by atoms with van der Waals surface area (Å²) in [5.41, 5.74) is 6.07. The van der Waals surface area contributed by atoms with E-state index in [1.165, 1.54) is 33.7 Å². The number of fused-ring (bicyclic) bond motifs is 1. The van der Waals surface area contributed by atoms with Crippen molar-refractivity contribution >= 4 is 11.0 Å². The third-order valence-corrected chi connectivity index (χ3v) is 4.43. The summed E-state index contributed by atoms with van der Waals surface area (Å²) in [5.74, 6) is 1.65. The number of hydrogen-bond acceptors (Lipinski definition) is 0. The Balaban J connectivity index is 1.84. The second kappa shape index (κ2) is 5.97. The topological polar surface area (TPSA) is 19.7 Å². The lowest BCUT2D eigenvalue weighted by molar-refractivity contribution is -0.577. The minimum Gasteiger partial charge on any atom is -0.240 e. The second-order valence-corrected chi connectivity index (χ2v) is 6.43. The molecule has 0 bridgehead atoms. The van der Waals surface area contributed by atoms with Crippen molar-refractivity contribution in [3.05, 3.63) is 84.7 Å². The molecular formula is C22H21N2+. The van der Waals surface area contributed by atoms with Gasteiger partial charge in [-0.25, -0.2) is 4.98 Å². The molecule has 0 aliphatic heterocycles. The maximum absolute atomic E-state index is 3.57. The molecule has 0 atom stereocenters. The average Bonchev–Trinajstić information content (AvgIpc) is 3.02. The summed E-state index contributed by atoms with van der Waals surface area (Å²) in [4.78, 5) is 3.57. The zero-order valence-corrected chi connectivity index (χ0v) is 14.0. The lowest BCUT2D eigenvalue weighted by Crippen LogP contribution is -2.34. The third kappa shape index (κ3) is 2.50. The van der Waals surface area contributed by atoms with Crippen LogP contribution in [0, 0.1) is 0 Å². The SMILES string of the molecule is CC(C)c1[nH]c2ccccc2[n+]1-c1ccc(-c2ccccc2)cc1. The smallest absolute Gasteiger partial charge is 0.240 e. The van der Waals surface area contributed by atoms with Crippen LogP contribution in [-0.2, 0) is 0 Å². The van der Waals surface area contributed by atoms with Gasteiger partial charge in [-0.15, -0.1) is 0 Å². The highest BCUT2D eigenvalue weighted by Gasteiger charge is 2.22. The van der Waals surface area contributed by atoms with Gasteiger partial charge in [-0.3, -0.25) is 0 Å². The molecular weight excluding hydrogens is 292 g/mol. The van der Waals surface area contributed by atoms with Crippen molar-refractivity contribution < 1.29 is 4.57 Å². The number of hydrogen-bond donors (Lipinski definition) is 1. The first-order valence-corrected chi connectivity index (χ1v) is 8.42. The van der Waals surface area contributed by atoms with Gasteiger partial charge in [-0.05, 0) is 35.4 Å². The van der Waals surface area contributed by atoms with Crippen LogP contribution in [0.4, 0.5) is 0 Å². The fraction of sp³-hybridized carbons (Fsp3) is 0.136. The predicted molar refractivity (Wildman–Crippen MR) is 99.4 cm³/mol. The number of aromatic amines is 1. The predicted octanol–water partition coefficient (Wildman–Crippen LogP) is 5.24. The summed E-state index contributed by atoms with van der Waals surface area (Å²) in [6, 6.07) is 27.8. The fourth-order valence-corrected chi connectivity index (χ4v) is 3.21. The molecule has 2 heteroatoms. The van der Waals surface area contributed by atoms with Gasteiger partial charge in [0.05, 0.1) is 5.92 Å². The fourth-order valence-electron chi connectivity index (χ4n) is 3.21. The standard InChI is InChI=1S/C22H20N2/c1-16(2)22-23-20-10-6-7-11-21(20)24(22)19-14-12-18(13-15-19)17-8-4-3-5-9-17/h3-16H,1-2H3/p+1. The lowest BCUT2D eigenvalue weighted by atomic mass is 10.1. The van der Waals surface area contributed by atoms with Crippen LogP contribution in [0.15, 0.2) is 78.9 Å². The molecule has 24 heavy (non-hydrogen) atoms. The van der Waals surface area contributed by atoms with Crippen molar-refractivity contribution in [3.63, 3.8) is 0 Å². The third-order valence-electron chi connectivity index (χ3n) is 4.43. The van der Waals surface area contributed by atoms with Crippen LogP contribution in [0.1, 0.15) is 25.6 Å². The van der Waals surface area contributed by atoms with E-state index in [0.717, 1.165) is 0 Å². The Kier molecular flexibility index (Phi) is 3.66. The Hall–Kier alpha value is -2.87. The Morgan fingerprint density at radius 1 is 0.708 bits per heavy atom. The second-order valence-electron chi connectivity index (χ2n) is 6.43. The molecule has 0 unspecified atom stereocenters. The van der Waals surface area contributed by atoms with Crippen LogP contribution in [-0.4, -0.2) is 4.98 Å². The van der Waals surface area contributed by atoms with Crippen LogP contribution in [0.3, 0.4) is 0 Å². The lowest BCUT2D eigenvalue weighted by Gasteiger charge is -2.06. The highest BCUT2D eigenvalue weighted by molar-refractivity contribution is 5.72. The summed E-state index contributed by atoms with van der Waals surface area (Å²) >= 11 is 0. The van der Waals surface area contributed by atoms with Crippen LogP contribution in [0.5, 0.6) is 0 Å². The Bertz CT molecular complexity index is 964. The van der Waals surface area contributed by atoms with E-state index in [4.69, 9.17) is 0 Å². The molecule has 0 radical (unpaired) electrons. The van der Waals surface area contributed by atoms with Gasteiger partial charge in [0.15, 0.2) is 11.0 Å². The number of nitrogens with one attached hydrogen (secondary N) is 1. The summed E-state index contributed by atoms with van der Waals surface area (Å²) in [6.07, 6.45) is 0. The highest BCUT2D eigenvalue weighted by Crippen LogP contribution is 2.22. The Morgan fingerprint density at radius 3 is 2.04 bits per heavy atom. The average molecular weight is 313 g/mol. The molecule has 1 heterocycles. The number of imidazole rings is 1. The largest absolute Gasteiger partial charge is 0.262 e. The summed E-state index contributed by atoms with van der Waals surface area (Å²) in [6.45, 7) is 4.44. The number of nitrogens with zero attached hydrogens (tertiary/aromatic N) is 1. The van der Waals surface area contributed by atoms with E-state index in [9.17, 15) is 0 Å². The number of H-pyrrole nitrogens is 1. The Morgan fingerprint density at radius 2 is 1.33 bits per heavy atom. The summed E-state index contributed by atoms with van der Waals surface area (Å²) in [5, 5.41) is 0. The van der Waals surface area contributed by atoms with E-state index < -0.39 is 0 Å². The number of para-hydroxylation sites is 2. The van der Waals surface area contributed by atoms with Gasteiger partial charge in [0, 0.05) is 0 Å². The molecule has 118 valence electrons. The van der Waals surface area contributed by atoms with E-state index in [-0.39, 0.29) is 0 Å². The van der Waals surface area contributed by atoms with Crippen molar-refractivity contribution in [1.82, 2.24) is 4.98 Å². The molecule has 4 aromatic rings. The van der Waals surface area contributed by atoms with Gasteiger partial charge in [0.1, 0.15) is 5.69 Å². The maximum atomic E-state index is 3.57. The first-order valence-electron chi connectivity index (χ1n) is 8.42. The molecule has 1 N–H and O–H groups in total. The van der Waals surface area contributed by atoms with Crippen molar-refractivity contribution in [2.24, 2.45) is 0 Å². The van der Waals surface area contributed by atoms with Gasteiger partial charge in [0.25, 0.3) is 5.82 Å². The van der Waals surface area contributed by atoms with E-state index in [1.807, 2.05) is 0 Å². The molecule has 0 amide bonds. The highest BCUT2D eigenvalue weighted by atomic mass is 15.1. The molecule has 0 saturated heterocycles. The van der Waals surface area contributed by atoms with Crippen molar-refractivity contribution in [1.29, 1.82) is 0 Å². The zero-order valence-electron chi connectivity index (χ0n) is 14.0. The molecule has 4 rings (SSSR count). The number of aromatic nitrogens is 2. The van der Waals surface area contributed by atoms with Crippen LogP contribution >= 0.6 is 0 Å². The molecule has 1 aromatic heterocycles. The number of benzene rings is 3. The molecule has 3 aromatic carbocycles. The molecule has 0 saturated carbocycles. The van der Waals surface area contributed by atoms with Gasteiger partial charge >= 0.3 is 0 Å². The Labute approximate surface area is 142 Å².